The highest BCUT2D eigenvalue weighted by Crippen LogP contribution is 2.54. The number of phenolic OH excluding ortho intramolecular Hbond substituents is 1. The van der Waals surface area contributed by atoms with Crippen LogP contribution in [0.4, 0.5) is 11.4 Å². The van der Waals surface area contributed by atoms with Crippen molar-refractivity contribution >= 4 is 28.4 Å². The molecule has 0 bridgehead atoms. The zero-order chi connectivity index (χ0) is 23.1. The van der Waals surface area contributed by atoms with Crippen LogP contribution in [-0.2, 0) is 5.41 Å². The topological polar surface area (TPSA) is 45.1 Å². The Morgan fingerprint density at radius 3 is 2.55 bits per heavy atom. The van der Waals surface area contributed by atoms with E-state index in [4.69, 9.17) is 9.73 Å². The summed E-state index contributed by atoms with van der Waals surface area (Å²) in [6, 6.07) is 18.2. The zero-order valence-electron chi connectivity index (χ0n) is 20.0. The number of phenols is 1. The van der Waals surface area contributed by atoms with Gasteiger partial charge >= 0.3 is 0 Å². The van der Waals surface area contributed by atoms with E-state index in [-0.39, 0.29) is 11.2 Å². The summed E-state index contributed by atoms with van der Waals surface area (Å²) in [6.45, 7) is 7.71. The molecule has 1 atom stereocenters. The van der Waals surface area contributed by atoms with Gasteiger partial charge in [-0.3, -0.25) is 4.99 Å². The van der Waals surface area contributed by atoms with Gasteiger partial charge in [-0.05, 0) is 55.5 Å². The molecular weight excluding hydrogens is 408 g/mol. The lowest BCUT2D eigenvalue weighted by Gasteiger charge is -2.46. The van der Waals surface area contributed by atoms with Crippen molar-refractivity contribution in [2.24, 2.45) is 4.99 Å². The number of unbranched alkanes of at least 4 members (excludes halogenated alkanes) is 5. The molecule has 0 saturated heterocycles. The molecule has 0 unspecified atom stereocenters. The number of ether oxygens (including phenoxy) is 1. The first-order chi connectivity index (χ1) is 16.0. The van der Waals surface area contributed by atoms with Gasteiger partial charge in [-0.25, -0.2) is 0 Å². The van der Waals surface area contributed by atoms with Crippen molar-refractivity contribution in [1.82, 2.24) is 0 Å². The summed E-state index contributed by atoms with van der Waals surface area (Å²) in [5.41, 5.74) is 2.37. The summed E-state index contributed by atoms with van der Waals surface area (Å²) in [7, 11) is 0. The second-order valence-electron chi connectivity index (χ2n) is 9.94. The maximum absolute atomic E-state index is 10.1. The molecule has 0 radical (unpaired) electrons. The fraction of sp³-hybridized carbons (Fsp3) is 0.414. The first kappa shape index (κ1) is 21.8. The highest BCUT2D eigenvalue weighted by atomic mass is 16.5. The van der Waals surface area contributed by atoms with E-state index in [9.17, 15) is 5.11 Å². The van der Waals surface area contributed by atoms with Gasteiger partial charge in [0.25, 0.3) is 0 Å². The van der Waals surface area contributed by atoms with Crippen LogP contribution in [0.25, 0.3) is 10.8 Å². The Morgan fingerprint density at radius 2 is 1.70 bits per heavy atom. The smallest absolute Gasteiger partial charge is 0.228 e. The Bertz CT molecular complexity index is 1200. The number of benzene rings is 3. The third kappa shape index (κ3) is 3.47. The van der Waals surface area contributed by atoms with Crippen molar-refractivity contribution < 1.29 is 9.84 Å². The van der Waals surface area contributed by atoms with E-state index < -0.39 is 5.72 Å². The van der Waals surface area contributed by atoms with Crippen LogP contribution in [0, 0.1) is 0 Å². The molecule has 2 aliphatic rings. The summed E-state index contributed by atoms with van der Waals surface area (Å²) < 4.78 is 6.93. The maximum Gasteiger partial charge on any atom is 0.228 e. The van der Waals surface area contributed by atoms with E-state index >= 15 is 0 Å². The van der Waals surface area contributed by atoms with Crippen molar-refractivity contribution in [3.05, 3.63) is 60.2 Å². The molecule has 33 heavy (non-hydrogen) atoms. The fourth-order valence-corrected chi connectivity index (χ4v) is 5.53. The van der Waals surface area contributed by atoms with Crippen molar-refractivity contribution in [3.63, 3.8) is 0 Å². The van der Waals surface area contributed by atoms with Crippen LogP contribution in [0.1, 0.15) is 64.9 Å². The van der Waals surface area contributed by atoms with Crippen molar-refractivity contribution in [2.45, 2.75) is 70.4 Å². The normalized spacial score (nSPS) is 20.2. The number of aliphatic imine (C=N–C) groups is 1. The molecule has 0 aliphatic carbocycles. The highest BCUT2D eigenvalue weighted by molar-refractivity contribution is 6.00. The second-order valence-corrected chi connectivity index (χ2v) is 9.94. The molecule has 0 saturated carbocycles. The standard InChI is InChI=1S/C29H34N2O2/c1-4-5-6-7-8-11-18-31-25-13-10-9-12-24(25)28(2,3)29(31)20-30-27-23-19-22(32)16-14-21(23)15-17-26(27)33-29/h9-10,12-17,19-20,32H,4-8,11,18H2,1-3H3/t29-/m1/s1. The van der Waals surface area contributed by atoms with Crippen molar-refractivity contribution in [2.75, 3.05) is 11.4 Å². The SMILES string of the molecule is CCCCCCCCN1c2ccccc2C(C)(C)[C@]12C=Nc1c(ccc3ccc(O)cc13)O2. The summed E-state index contributed by atoms with van der Waals surface area (Å²) in [4.78, 5) is 7.42. The van der Waals surface area contributed by atoms with E-state index in [0.29, 0.717) is 0 Å². The monoisotopic (exact) mass is 442 g/mol. The lowest BCUT2D eigenvalue weighted by Crippen LogP contribution is -2.62. The Balaban J connectivity index is 1.52. The van der Waals surface area contributed by atoms with Gasteiger partial charge < -0.3 is 14.7 Å². The van der Waals surface area contributed by atoms with Crippen LogP contribution in [0.15, 0.2) is 59.6 Å². The molecule has 4 nitrogen and oxygen atoms in total. The largest absolute Gasteiger partial charge is 0.508 e. The summed E-state index contributed by atoms with van der Waals surface area (Å²) in [5, 5.41) is 12.0. The van der Waals surface area contributed by atoms with Gasteiger partial charge in [-0.15, -0.1) is 0 Å². The molecule has 2 heterocycles. The average molecular weight is 443 g/mol. The van der Waals surface area contributed by atoms with E-state index in [1.54, 1.807) is 12.1 Å². The van der Waals surface area contributed by atoms with Gasteiger partial charge in [0.2, 0.25) is 5.72 Å². The highest BCUT2D eigenvalue weighted by Gasteiger charge is 2.59. The predicted octanol–water partition coefficient (Wildman–Crippen LogP) is 7.49. The van der Waals surface area contributed by atoms with Crippen LogP contribution in [0.5, 0.6) is 11.5 Å². The Labute approximate surface area is 196 Å². The lowest BCUT2D eigenvalue weighted by atomic mass is 9.77. The Hall–Kier alpha value is -3.01. The predicted molar refractivity (Wildman–Crippen MR) is 137 cm³/mol. The molecule has 172 valence electrons. The Morgan fingerprint density at radius 1 is 0.939 bits per heavy atom. The van der Waals surface area contributed by atoms with E-state index in [0.717, 1.165) is 35.2 Å². The molecule has 0 fully saturated rings. The molecule has 3 aromatic carbocycles. The molecule has 0 aromatic heterocycles. The number of hydrogen-bond donors (Lipinski definition) is 1. The minimum atomic E-state index is -0.683. The zero-order valence-corrected chi connectivity index (χ0v) is 20.0. The molecular formula is C29H34N2O2. The molecule has 2 aliphatic heterocycles. The third-order valence-corrected chi connectivity index (χ3v) is 7.47. The minimum absolute atomic E-state index is 0.240. The van der Waals surface area contributed by atoms with Crippen LogP contribution in [-0.4, -0.2) is 23.6 Å². The number of para-hydroxylation sites is 1. The van der Waals surface area contributed by atoms with Crippen LogP contribution in [0.3, 0.4) is 0 Å². The van der Waals surface area contributed by atoms with Gasteiger partial charge in [0.15, 0.2) is 0 Å². The summed E-state index contributed by atoms with van der Waals surface area (Å²) in [6.07, 6.45) is 9.56. The third-order valence-electron chi connectivity index (χ3n) is 7.47. The van der Waals surface area contributed by atoms with Gasteiger partial charge in [-0.2, -0.15) is 0 Å². The lowest BCUT2D eigenvalue weighted by molar-refractivity contribution is 0.0774. The average Bonchev–Trinajstić information content (AvgIpc) is 2.99. The van der Waals surface area contributed by atoms with Crippen LogP contribution in [0.2, 0.25) is 0 Å². The maximum atomic E-state index is 10.1. The minimum Gasteiger partial charge on any atom is -0.508 e. The fourth-order valence-electron chi connectivity index (χ4n) is 5.53. The van der Waals surface area contributed by atoms with Crippen molar-refractivity contribution in [3.8, 4) is 11.5 Å². The summed E-state index contributed by atoms with van der Waals surface area (Å²) >= 11 is 0. The molecule has 3 aromatic rings. The van der Waals surface area contributed by atoms with Gasteiger partial charge in [-0.1, -0.05) is 69.4 Å². The van der Waals surface area contributed by atoms with E-state index in [1.165, 1.54) is 43.4 Å². The number of anilines is 1. The van der Waals surface area contributed by atoms with Crippen molar-refractivity contribution in [1.29, 1.82) is 0 Å². The number of nitrogens with zero attached hydrogens (tertiary/aromatic N) is 2. The number of rotatable bonds is 7. The van der Waals surface area contributed by atoms with E-state index in [1.807, 2.05) is 18.3 Å². The quantitative estimate of drug-likeness (QED) is 0.385. The molecule has 0 amide bonds. The molecule has 1 N–H and O–H groups in total. The molecule has 4 heteroatoms. The first-order valence-electron chi connectivity index (χ1n) is 12.3. The van der Waals surface area contributed by atoms with Gasteiger partial charge in [0, 0.05) is 17.6 Å². The first-order valence-corrected chi connectivity index (χ1v) is 12.3. The Kier molecular flexibility index (Phi) is 5.55. The molecule has 1 spiro atoms. The van der Waals surface area contributed by atoms with Crippen LogP contribution < -0.4 is 9.64 Å². The van der Waals surface area contributed by atoms with Crippen LogP contribution >= 0.6 is 0 Å². The molecule has 5 rings (SSSR count). The van der Waals surface area contributed by atoms with Gasteiger partial charge in [0.1, 0.15) is 17.2 Å². The van der Waals surface area contributed by atoms with Gasteiger partial charge in [0.05, 0.1) is 11.6 Å². The summed E-state index contributed by atoms with van der Waals surface area (Å²) in [5.74, 6) is 1.01. The van der Waals surface area contributed by atoms with E-state index in [2.05, 4.69) is 56.0 Å². The number of hydrogen-bond acceptors (Lipinski definition) is 4. The second kappa shape index (κ2) is 8.40. The number of aromatic hydroxyl groups is 1. The number of fused-ring (bicyclic) bond motifs is 4.